The van der Waals surface area contributed by atoms with E-state index in [1.807, 2.05) is 18.2 Å². The zero-order valence-corrected chi connectivity index (χ0v) is 18.5. The van der Waals surface area contributed by atoms with E-state index in [0.29, 0.717) is 33.3 Å². The van der Waals surface area contributed by atoms with Crippen LogP contribution in [0.25, 0.3) is 0 Å². The minimum Gasteiger partial charge on any atom is -0.337 e. The largest absolute Gasteiger partial charge is 0.337 e. The van der Waals surface area contributed by atoms with Crippen LogP contribution in [0.4, 0.5) is 10.5 Å². The molecule has 0 heterocycles. The summed E-state index contributed by atoms with van der Waals surface area (Å²) in [6, 6.07) is 13.1. The van der Waals surface area contributed by atoms with Crippen molar-refractivity contribution in [2.24, 2.45) is 0 Å². The van der Waals surface area contributed by atoms with Gasteiger partial charge in [0.25, 0.3) is 0 Å². The van der Waals surface area contributed by atoms with Crippen molar-refractivity contribution in [1.82, 2.24) is 10.6 Å². The van der Waals surface area contributed by atoms with Crippen molar-refractivity contribution < 1.29 is 4.79 Å². The van der Waals surface area contributed by atoms with Crippen molar-refractivity contribution in [3.8, 4) is 0 Å². The first kappa shape index (κ1) is 22.2. The van der Waals surface area contributed by atoms with Crippen LogP contribution in [-0.2, 0) is 0 Å². The summed E-state index contributed by atoms with van der Waals surface area (Å²) in [6.07, 6.45) is 6.00. The molecule has 0 radical (unpaired) electrons. The van der Waals surface area contributed by atoms with Crippen molar-refractivity contribution in [1.29, 1.82) is 0 Å². The molecule has 3 rings (SSSR count). The summed E-state index contributed by atoms with van der Waals surface area (Å²) in [6.45, 7) is 1.39. The second-order valence-electron chi connectivity index (χ2n) is 7.44. The Bertz CT molecular complexity index is 825. The number of carbonyl (C=O) groups excluding carboxylic acids is 1. The summed E-state index contributed by atoms with van der Waals surface area (Å²) in [4.78, 5) is 12.3. The van der Waals surface area contributed by atoms with E-state index in [1.165, 1.54) is 25.7 Å². The SMILES string of the molecule is O=C(NCC(CCNC1CCCC1)c1ccc(Cl)c(Cl)c1)Nc1cccc(Cl)c1. The molecule has 1 saturated carbocycles. The summed E-state index contributed by atoms with van der Waals surface area (Å²) < 4.78 is 0. The Labute approximate surface area is 187 Å². The fraction of sp³-hybridized carbons (Fsp3) is 0.409. The van der Waals surface area contributed by atoms with Gasteiger partial charge in [0.05, 0.1) is 10.0 Å². The highest BCUT2D eigenvalue weighted by Crippen LogP contribution is 2.28. The van der Waals surface area contributed by atoms with Gasteiger partial charge in [-0.1, -0.05) is 59.8 Å². The third-order valence-electron chi connectivity index (χ3n) is 5.29. The van der Waals surface area contributed by atoms with Gasteiger partial charge in [-0.3, -0.25) is 0 Å². The summed E-state index contributed by atoms with van der Waals surface area (Å²) in [7, 11) is 0. The van der Waals surface area contributed by atoms with Crippen LogP contribution < -0.4 is 16.0 Å². The third-order valence-corrected chi connectivity index (χ3v) is 6.26. The van der Waals surface area contributed by atoms with E-state index in [-0.39, 0.29) is 11.9 Å². The van der Waals surface area contributed by atoms with Crippen molar-refractivity contribution >= 4 is 46.5 Å². The van der Waals surface area contributed by atoms with E-state index < -0.39 is 0 Å². The molecular formula is C22H26Cl3N3O. The van der Waals surface area contributed by atoms with Crippen LogP contribution in [0.3, 0.4) is 0 Å². The van der Waals surface area contributed by atoms with Gasteiger partial charge in [0.1, 0.15) is 0 Å². The average Bonchev–Trinajstić information content (AvgIpc) is 3.20. The minimum atomic E-state index is -0.263. The Morgan fingerprint density at radius 3 is 2.55 bits per heavy atom. The molecule has 2 amide bonds. The van der Waals surface area contributed by atoms with E-state index in [9.17, 15) is 4.79 Å². The highest BCUT2D eigenvalue weighted by Gasteiger charge is 2.17. The number of carbonyl (C=O) groups is 1. The van der Waals surface area contributed by atoms with Crippen LogP contribution in [0.1, 0.15) is 43.6 Å². The standard InChI is InChI=1S/C22H26Cl3N3O/c23-17-4-3-7-19(13-17)28-22(29)27-14-16(10-11-26-18-5-1-2-6-18)15-8-9-20(24)21(25)12-15/h3-4,7-9,12-13,16,18,26H,1-2,5-6,10-11,14H2,(H2,27,28,29). The van der Waals surface area contributed by atoms with Crippen LogP contribution in [-0.4, -0.2) is 25.2 Å². The molecule has 29 heavy (non-hydrogen) atoms. The number of anilines is 1. The second-order valence-corrected chi connectivity index (χ2v) is 8.69. The maximum atomic E-state index is 12.3. The zero-order valence-electron chi connectivity index (χ0n) is 16.2. The number of benzene rings is 2. The number of hydrogen-bond acceptors (Lipinski definition) is 2. The Hall–Kier alpha value is -1.46. The molecule has 156 valence electrons. The molecule has 0 aromatic heterocycles. The van der Waals surface area contributed by atoms with Crippen LogP contribution in [0.15, 0.2) is 42.5 Å². The number of urea groups is 1. The molecule has 2 aromatic rings. The van der Waals surface area contributed by atoms with Crippen LogP contribution >= 0.6 is 34.8 Å². The quantitative estimate of drug-likeness (QED) is 0.428. The number of rotatable bonds is 8. The molecule has 7 heteroatoms. The highest BCUT2D eigenvalue weighted by atomic mass is 35.5. The molecule has 1 unspecified atom stereocenters. The van der Waals surface area contributed by atoms with Gasteiger partial charge in [0, 0.05) is 29.2 Å². The molecule has 1 aliphatic carbocycles. The lowest BCUT2D eigenvalue weighted by molar-refractivity contribution is 0.251. The maximum Gasteiger partial charge on any atom is 0.319 e. The third kappa shape index (κ3) is 7.07. The molecule has 0 saturated heterocycles. The van der Waals surface area contributed by atoms with Crippen molar-refractivity contribution in [3.63, 3.8) is 0 Å². The van der Waals surface area contributed by atoms with E-state index in [1.54, 1.807) is 24.3 Å². The summed E-state index contributed by atoms with van der Waals surface area (Å²) in [5, 5.41) is 11.1. The van der Waals surface area contributed by atoms with Gasteiger partial charge < -0.3 is 16.0 Å². The molecule has 2 aromatic carbocycles. The number of halogens is 3. The van der Waals surface area contributed by atoms with E-state index in [0.717, 1.165) is 18.5 Å². The Kier molecular flexibility index (Phi) is 8.49. The first-order valence-corrected chi connectivity index (χ1v) is 11.1. The van der Waals surface area contributed by atoms with Gasteiger partial charge in [-0.25, -0.2) is 4.79 Å². The zero-order chi connectivity index (χ0) is 20.6. The van der Waals surface area contributed by atoms with Crippen LogP contribution in [0.5, 0.6) is 0 Å². The summed E-state index contributed by atoms with van der Waals surface area (Å²) in [5.41, 5.74) is 1.72. The van der Waals surface area contributed by atoms with Crippen LogP contribution in [0, 0.1) is 0 Å². The molecule has 1 atom stereocenters. The van der Waals surface area contributed by atoms with Crippen LogP contribution in [0.2, 0.25) is 15.1 Å². The molecule has 4 nitrogen and oxygen atoms in total. The Morgan fingerprint density at radius 1 is 1.03 bits per heavy atom. The smallest absolute Gasteiger partial charge is 0.319 e. The van der Waals surface area contributed by atoms with Gasteiger partial charge in [0.2, 0.25) is 0 Å². The second kappa shape index (κ2) is 11.1. The van der Waals surface area contributed by atoms with Crippen molar-refractivity contribution in [2.75, 3.05) is 18.4 Å². The molecule has 1 aliphatic rings. The number of hydrogen-bond donors (Lipinski definition) is 3. The van der Waals surface area contributed by atoms with Crippen molar-refractivity contribution in [2.45, 2.75) is 44.1 Å². The molecule has 0 spiro atoms. The number of amides is 2. The average molecular weight is 455 g/mol. The number of nitrogens with one attached hydrogen (secondary N) is 3. The molecule has 1 fully saturated rings. The van der Waals surface area contributed by atoms with E-state index in [4.69, 9.17) is 34.8 Å². The Morgan fingerprint density at radius 2 is 1.83 bits per heavy atom. The van der Waals surface area contributed by atoms with Gasteiger partial charge >= 0.3 is 6.03 Å². The van der Waals surface area contributed by atoms with Gasteiger partial charge in [-0.05, 0) is 61.7 Å². The first-order chi connectivity index (χ1) is 14.0. The lowest BCUT2D eigenvalue weighted by atomic mass is 9.95. The predicted molar refractivity (Wildman–Crippen MR) is 123 cm³/mol. The van der Waals surface area contributed by atoms with Gasteiger partial charge in [-0.2, -0.15) is 0 Å². The lowest BCUT2D eigenvalue weighted by Crippen LogP contribution is -2.34. The Balaban J connectivity index is 1.58. The van der Waals surface area contributed by atoms with Gasteiger partial charge in [-0.15, -0.1) is 0 Å². The summed E-state index contributed by atoms with van der Waals surface area (Å²) in [5.74, 6) is 0.129. The monoisotopic (exact) mass is 453 g/mol. The fourth-order valence-electron chi connectivity index (χ4n) is 3.70. The summed E-state index contributed by atoms with van der Waals surface area (Å²) >= 11 is 18.3. The lowest BCUT2D eigenvalue weighted by Gasteiger charge is -2.21. The highest BCUT2D eigenvalue weighted by molar-refractivity contribution is 6.42. The molecular weight excluding hydrogens is 429 g/mol. The fourth-order valence-corrected chi connectivity index (χ4v) is 4.20. The predicted octanol–water partition coefficient (Wildman–Crippen LogP) is 6.47. The topological polar surface area (TPSA) is 53.2 Å². The minimum absolute atomic E-state index is 0.129. The molecule has 3 N–H and O–H groups in total. The molecule has 0 bridgehead atoms. The first-order valence-electron chi connectivity index (χ1n) is 10.00. The molecule has 0 aliphatic heterocycles. The normalized spacial score (nSPS) is 15.3. The van der Waals surface area contributed by atoms with Crippen molar-refractivity contribution in [3.05, 3.63) is 63.1 Å². The van der Waals surface area contributed by atoms with E-state index >= 15 is 0 Å². The maximum absolute atomic E-state index is 12.3. The van der Waals surface area contributed by atoms with E-state index in [2.05, 4.69) is 16.0 Å². The van der Waals surface area contributed by atoms with Gasteiger partial charge in [0.15, 0.2) is 0 Å².